The van der Waals surface area contributed by atoms with Crippen molar-refractivity contribution in [1.29, 1.82) is 0 Å². The van der Waals surface area contributed by atoms with E-state index in [0.717, 1.165) is 17.0 Å². The van der Waals surface area contributed by atoms with Crippen LogP contribution in [-0.2, 0) is 0 Å². The SMILES string of the molecule is CCOc1ccccc1C(C)Nc1ccc(Br)c(F)c1. The minimum absolute atomic E-state index is 0.0262. The number of benzene rings is 2. The highest BCUT2D eigenvalue weighted by Gasteiger charge is 2.11. The molecule has 0 aliphatic carbocycles. The zero-order chi connectivity index (χ0) is 14.5. The highest BCUT2D eigenvalue weighted by atomic mass is 79.9. The first kappa shape index (κ1) is 14.9. The average molecular weight is 338 g/mol. The standard InChI is InChI=1S/C16H17BrFNO/c1-3-20-16-7-5-4-6-13(16)11(2)19-12-8-9-14(17)15(18)10-12/h4-11,19H,3H2,1-2H3. The Morgan fingerprint density at radius 2 is 2.00 bits per heavy atom. The Bertz CT molecular complexity index is 588. The predicted octanol–water partition coefficient (Wildman–Crippen LogP) is 5.16. The van der Waals surface area contributed by atoms with E-state index in [-0.39, 0.29) is 11.9 Å². The molecule has 1 N–H and O–H groups in total. The average Bonchev–Trinajstić information content (AvgIpc) is 2.44. The Morgan fingerprint density at radius 3 is 2.70 bits per heavy atom. The maximum absolute atomic E-state index is 13.5. The molecule has 2 aromatic rings. The van der Waals surface area contributed by atoms with Crippen molar-refractivity contribution in [3.05, 3.63) is 58.3 Å². The molecule has 106 valence electrons. The molecule has 0 amide bonds. The molecule has 0 fully saturated rings. The fraction of sp³-hybridized carbons (Fsp3) is 0.250. The maximum atomic E-state index is 13.5. The van der Waals surface area contributed by atoms with Crippen molar-refractivity contribution in [1.82, 2.24) is 0 Å². The fourth-order valence-corrected chi connectivity index (χ4v) is 2.29. The number of ether oxygens (including phenoxy) is 1. The van der Waals surface area contributed by atoms with Crippen LogP contribution in [0.15, 0.2) is 46.9 Å². The molecule has 2 aromatic carbocycles. The molecule has 0 radical (unpaired) electrons. The summed E-state index contributed by atoms with van der Waals surface area (Å²) in [4.78, 5) is 0. The maximum Gasteiger partial charge on any atom is 0.139 e. The van der Waals surface area contributed by atoms with Crippen LogP contribution in [-0.4, -0.2) is 6.61 Å². The normalized spacial score (nSPS) is 12.0. The van der Waals surface area contributed by atoms with Gasteiger partial charge in [-0.05, 0) is 54.0 Å². The molecule has 2 rings (SSSR count). The van der Waals surface area contributed by atoms with Crippen LogP contribution in [0, 0.1) is 5.82 Å². The van der Waals surface area contributed by atoms with E-state index >= 15 is 0 Å². The second kappa shape index (κ2) is 6.75. The van der Waals surface area contributed by atoms with E-state index in [1.807, 2.05) is 44.2 Å². The van der Waals surface area contributed by atoms with Gasteiger partial charge in [-0.25, -0.2) is 4.39 Å². The number of anilines is 1. The van der Waals surface area contributed by atoms with Gasteiger partial charge >= 0.3 is 0 Å². The zero-order valence-electron chi connectivity index (χ0n) is 11.5. The topological polar surface area (TPSA) is 21.3 Å². The second-order valence-electron chi connectivity index (χ2n) is 4.47. The molecule has 1 atom stereocenters. The van der Waals surface area contributed by atoms with Crippen molar-refractivity contribution >= 4 is 21.6 Å². The molecule has 20 heavy (non-hydrogen) atoms. The van der Waals surface area contributed by atoms with E-state index in [4.69, 9.17) is 4.74 Å². The first-order chi connectivity index (χ1) is 9.61. The summed E-state index contributed by atoms with van der Waals surface area (Å²) in [5.41, 5.74) is 1.79. The summed E-state index contributed by atoms with van der Waals surface area (Å²) in [7, 11) is 0. The lowest BCUT2D eigenvalue weighted by Crippen LogP contribution is -2.09. The Hall–Kier alpha value is -1.55. The van der Waals surface area contributed by atoms with E-state index in [0.29, 0.717) is 11.1 Å². The minimum atomic E-state index is -0.278. The van der Waals surface area contributed by atoms with Gasteiger partial charge in [0.05, 0.1) is 17.1 Å². The van der Waals surface area contributed by atoms with Gasteiger partial charge in [0, 0.05) is 11.3 Å². The summed E-state index contributed by atoms with van der Waals surface area (Å²) in [6.45, 7) is 4.60. The number of halogens is 2. The molecule has 0 spiro atoms. The van der Waals surface area contributed by atoms with Crippen molar-refractivity contribution < 1.29 is 9.13 Å². The number of hydrogen-bond donors (Lipinski definition) is 1. The molecule has 0 aliphatic rings. The van der Waals surface area contributed by atoms with Crippen LogP contribution in [0.4, 0.5) is 10.1 Å². The molecule has 0 saturated heterocycles. The molecule has 0 aromatic heterocycles. The summed E-state index contributed by atoms with van der Waals surface area (Å²) >= 11 is 3.15. The molecular formula is C16H17BrFNO. The van der Waals surface area contributed by atoms with Crippen LogP contribution < -0.4 is 10.1 Å². The van der Waals surface area contributed by atoms with E-state index in [2.05, 4.69) is 21.2 Å². The summed E-state index contributed by atoms with van der Waals surface area (Å²) < 4.78 is 19.6. The third-order valence-corrected chi connectivity index (χ3v) is 3.63. The second-order valence-corrected chi connectivity index (χ2v) is 5.32. The zero-order valence-corrected chi connectivity index (χ0v) is 13.1. The van der Waals surface area contributed by atoms with Gasteiger partial charge in [-0.3, -0.25) is 0 Å². The molecule has 0 saturated carbocycles. The van der Waals surface area contributed by atoms with Gasteiger partial charge in [-0.15, -0.1) is 0 Å². The largest absolute Gasteiger partial charge is 0.494 e. The third kappa shape index (κ3) is 3.51. The first-order valence-corrected chi connectivity index (χ1v) is 7.34. The monoisotopic (exact) mass is 337 g/mol. The van der Waals surface area contributed by atoms with Crippen LogP contribution >= 0.6 is 15.9 Å². The van der Waals surface area contributed by atoms with Crippen LogP contribution in [0.3, 0.4) is 0 Å². The lowest BCUT2D eigenvalue weighted by atomic mass is 10.1. The molecule has 0 heterocycles. The first-order valence-electron chi connectivity index (χ1n) is 6.55. The van der Waals surface area contributed by atoms with Crippen molar-refractivity contribution in [2.45, 2.75) is 19.9 Å². The van der Waals surface area contributed by atoms with Crippen LogP contribution in [0.25, 0.3) is 0 Å². The van der Waals surface area contributed by atoms with Crippen molar-refractivity contribution in [2.24, 2.45) is 0 Å². The minimum Gasteiger partial charge on any atom is -0.494 e. The number of hydrogen-bond acceptors (Lipinski definition) is 2. The lowest BCUT2D eigenvalue weighted by Gasteiger charge is -2.19. The fourth-order valence-electron chi connectivity index (χ4n) is 2.04. The third-order valence-electron chi connectivity index (χ3n) is 2.99. The highest BCUT2D eigenvalue weighted by molar-refractivity contribution is 9.10. The van der Waals surface area contributed by atoms with E-state index < -0.39 is 0 Å². The van der Waals surface area contributed by atoms with Crippen molar-refractivity contribution in [2.75, 3.05) is 11.9 Å². The smallest absolute Gasteiger partial charge is 0.139 e. The number of nitrogens with one attached hydrogen (secondary N) is 1. The molecule has 4 heteroatoms. The van der Waals surface area contributed by atoms with Crippen LogP contribution in [0.1, 0.15) is 25.5 Å². The lowest BCUT2D eigenvalue weighted by molar-refractivity contribution is 0.335. The Kier molecular flexibility index (Phi) is 5.01. The molecule has 1 unspecified atom stereocenters. The number of rotatable bonds is 5. The van der Waals surface area contributed by atoms with Gasteiger partial charge in [0.2, 0.25) is 0 Å². The summed E-state index contributed by atoms with van der Waals surface area (Å²) in [6.07, 6.45) is 0. The van der Waals surface area contributed by atoms with Gasteiger partial charge in [0.1, 0.15) is 11.6 Å². The van der Waals surface area contributed by atoms with Crippen molar-refractivity contribution in [3.63, 3.8) is 0 Å². The molecule has 2 nitrogen and oxygen atoms in total. The highest BCUT2D eigenvalue weighted by Crippen LogP contribution is 2.28. The Balaban J connectivity index is 2.19. The molecule has 0 aliphatic heterocycles. The van der Waals surface area contributed by atoms with E-state index in [1.165, 1.54) is 6.07 Å². The van der Waals surface area contributed by atoms with E-state index in [1.54, 1.807) is 6.07 Å². The Labute approximate surface area is 127 Å². The predicted molar refractivity (Wildman–Crippen MR) is 83.7 cm³/mol. The summed E-state index contributed by atoms with van der Waals surface area (Å²) in [5.74, 6) is 0.577. The summed E-state index contributed by atoms with van der Waals surface area (Å²) in [6, 6.07) is 12.9. The summed E-state index contributed by atoms with van der Waals surface area (Å²) in [5, 5.41) is 3.28. The van der Waals surface area contributed by atoms with Gasteiger partial charge < -0.3 is 10.1 Å². The van der Waals surface area contributed by atoms with Crippen molar-refractivity contribution in [3.8, 4) is 5.75 Å². The molecule has 0 bridgehead atoms. The van der Waals surface area contributed by atoms with Crippen LogP contribution in [0.5, 0.6) is 5.75 Å². The van der Waals surface area contributed by atoms with Gasteiger partial charge in [0.15, 0.2) is 0 Å². The van der Waals surface area contributed by atoms with Gasteiger partial charge in [-0.2, -0.15) is 0 Å². The quantitative estimate of drug-likeness (QED) is 0.813. The van der Waals surface area contributed by atoms with E-state index in [9.17, 15) is 4.39 Å². The Morgan fingerprint density at radius 1 is 1.25 bits per heavy atom. The van der Waals surface area contributed by atoms with Crippen LogP contribution in [0.2, 0.25) is 0 Å². The molecular weight excluding hydrogens is 321 g/mol. The van der Waals surface area contributed by atoms with Gasteiger partial charge in [-0.1, -0.05) is 18.2 Å². The number of para-hydroxylation sites is 1. The van der Waals surface area contributed by atoms with Gasteiger partial charge in [0.25, 0.3) is 0 Å².